The molecule has 1 saturated heterocycles. The van der Waals surface area contributed by atoms with E-state index in [-0.39, 0.29) is 5.41 Å². The highest BCUT2D eigenvalue weighted by molar-refractivity contribution is 7.92. The molecule has 0 aliphatic carbocycles. The van der Waals surface area contributed by atoms with Gasteiger partial charge in [-0.15, -0.1) is 0 Å². The van der Waals surface area contributed by atoms with Gasteiger partial charge in [0.1, 0.15) is 0 Å². The second-order valence-electron chi connectivity index (χ2n) is 4.82. The molecule has 1 heterocycles. The molecule has 1 aliphatic heterocycles. The third-order valence-electron chi connectivity index (χ3n) is 3.62. The van der Waals surface area contributed by atoms with Crippen molar-refractivity contribution in [3.8, 4) is 0 Å². The van der Waals surface area contributed by atoms with Gasteiger partial charge in [-0.3, -0.25) is 0 Å². The lowest BCUT2D eigenvalue weighted by Crippen LogP contribution is -2.50. The zero-order chi connectivity index (χ0) is 9.62. The van der Waals surface area contributed by atoms with Gasteiger partial charge in [-0.2, -0.15) is 0 Å². The van der Waals surface area contributed by atoms with Crippen LogP contribution in [0.2, 0.25) is 0 Å². The van der Waals surface area contributed by atoms with Crippen LogP contribution in [0.1, 0.15) is 40.5 Å². The summed E-state index contributed by atoms with van der Waals surface area (Å²) in [5.41, 5.74) is -0.0793. The molecule has 0 atom stereocenters. The molecule has 72 valence electrons. The zero-order valence-corrected chi connectivity index (χ0v) is 9.16. The van der Waals surface area contributed by atoms with Gasteiger partial charge in [0.15, 0.2) is 9.84 Å². The Morgan fingerprint density at radius 3 is 1.92 bits per heavy atom. The Hall–Kier alpha value is -0.0500. The second-order valence-corrected chi connectivity index (χ2v) is 7.47. The first-order valence-electron chi connectivity index (χ1n) is 4.43. The quantitative estimate of drug-likeness (QED) is 0.585. The average Bonchev–Trinajstić information content (AvgIpc) is 1.83. The van der Waals surface area contributed by atoms with Crippen molar-refractivity contribution in [3.05, 3.63) is 0 Å². The van der Waals surface area contributed by atoms with Gasteiger partial charge < -0.3 is 0 Å². The summed E-state index contributed by atoms with van der Waals surface area (Å²) < 4.78 is 22.9. The molecule has 0 radical (unpaired) electrons. The van der Waals surface area contributed by atoms with Gasteiger partial charge in [-0.25, -0.2) is 8.42 Å². The number of hydrogen-bond acceptors (Lipinski definition) is 2. The molecule has 0 aromatic heterocycles. The topological polar surface area (TPSA) is 34.1 Å². The molecular formula is C9H18O2S. The Labute approximate surface area is 75.3 Å². The first kappa shape index (κ1) is 10.0. The summed E-state index contributed by atoms with van der Waals surface area (Å²) in [4.78, 5) is 0. The van der Waals surface area contributed by atoms with Crippen LogP contribution in [0.15, 0.2) is 0 Å². The minimum atomic E-state index is -2.87. The monoisotopic (exact) mass is 190 g/mol. The molecule has 0 aromatic carbocycles. The molecule has 2 nitrogen and oxygen atoms in total. The predicted molar refractivity (Wildman–Crippen MR) is 50.9 cm³/mol. The summed E-state index contributed by atoms with van der Waals surface area (Å²) in [6.07, 6.45) is 1.83. The van der Waals surface area contributed by atoms with E-state index in [1.807, 2.05) is 27.7 Å². The molecule has 0 unspecified atom stereocenters. The maximum Gasteiger partial charge on any atom is 0.155 e. The van der Waals surface area contributed by atoms with Gasteiger partial charge in [0.05, 0.1) is 10.5 Å². The summed E-state index contributed by atoms with van der Waals surface area (Å²) in [6.45, 7) is 7.79. The van der Waals surface area contributed by atoms with Gasteiger partial charge in [-0.05, 0) is 32.1 Å². The lowest BCUT2D eigenvalue weighted by Gasteiger charge is -2.44. The van der Waals surface area contributed by atoms with E-state index in [0.29, 0.717) is 5.75 Å². The number of hydrogen-bond donors (Lipinski definition) is 0. The van der Waals surface area contributed by atoms with E-state index >= 15 is 0 Å². The van der Waals surface area contributed by atoms with E-state index < -0.39 is 14.6 Å². The van der Waals surface area contributed by atoms with Crippen LogP contribution < -0.4 is 0 Å². The van der Waals surface area contributed by atoms with Gasteiger partial charge >= 0.3 is 0 Å². The van der Waals surface area contributed by atoms with Crippen molar-refractivity contribution >= 4 is 9.84 Å². The zero-order valence-electron chi connectivity index (χ0n) is 8.35. The van der Waals surface area contributed by atoms with Crippen LogP contribution in [0, 0.1) is 5.41 Å². The fourth-order valence-corrected chi connectivity index (χ4v) is 3.66. The highest BCUT2D eigenvalue weighted by Gasteiger charge is 2.49. The fourth-order valence-electron chi connectivity index (χ4n) is 1.68. The molecule has 0 amide bonds. The molecule has 0 aromatic rings. The summed E-state index contributed by atoms with van der Waals surface area (Å²) >= 11 is 0. The molecule has 1 fully saturated rings. The highest BCUT2D eigenvalue weighted by Crippen LogP contribution is 2.44. The summed E-state index contributed by atoms with van der Waals surface area (Å²) in [5, 5.41) is 0. The van der Waals surface area contributed by atoms with Crippen LogP contribution in [0.4, 0.5) is 0 Å². The standard InChI is InChI=1S/C9H18O2S/c1-8(2)6-5-7-12(10,11)9(8,3)4/h5-7H2,1-4H3. The minimum absolute atomic E-state index is 0.0793. The predicted octanol–water partition coefficient (Wildman–Crippen LogP) is 2.00. The Morgan fingerprint density at radius 2 is 1.58 bits per heavy atom. The lowest BCUT2D eigenvalue weighted by molar-refractivity contribution is 0.232. The van der Waals surface area contributed by atoms with Crippen LogP contribution in [-0.2, 0) is 9.84 Å². The third kappa shape index (κ3) is 1.18. The Morgan fingerprint density at radius 1 is 1.08 bits per heavy atom. The molecule has 0 spiro atoms. The van der Waals surface area contributed by atoms with Crippen LogP contribution in [0.25, 0.3) is 0 Å². The Kier molecular flexibility index (Phi) is 2.07. The van der Waals surface area contributed by atoms with Gasteiger partial charge in [-0.1, -0.05) is 13.8 Å². The molecule has 3 heteroatoms. The average molecular weight is 190 g/mol. The van der Waals surface area contributed by atoms with Gasteiger partial charge in [0.25, 0.3) is 0 Å². The van der Waals surface area contributed by atoms with Crippen molar-refractivity contribution < 1.29 is 8.42 Å². The van der Waals surface area contributed by atoms with Crippen LogP contribution in [0.3, 0.4) is 0 Å². The molecule has 0 N–H and O–H groups in total. The largest absolute Gasteiger partial charge is 0.228 e. The van der Waals surface area contributed by atoms with E-state index in [0.717, 1.165) is 12.8 Å². The van der Waals surface area contributed by atoms with Crippen LogP contribution >= 0.6 is 0 Å². The van der Waals surface area contributed by atoms with Crippen molar-refractivity contribution in [2.75, 3.05) is 5.75 Å². The van der Waals surface area contributed by atoms with Crippen molar-refractivity contribution in [2.24, 2.45) is 5.41 Å². The first-order valence-corrected chi connectivity index (χ1v) is 6.08. The highest BCUT2D eigenvalue weighted by atomic mass is 32.2. The summed E-state index contributed by atoms with van der Waals surface area (Å²) in [7, 11) is -2.87. The van der Waals surface area contributed by atoms with E-state index in [2.05, 4.69) is 0 Å². The smallest absolute Gasteiger partial charge is 0.155 e. The SMILES string of the molecule is CC1(C)CCCS(=O)(=O)C1(C)C. The molecule has 12 heavy (non-hydrogen) atoms. The summed E-state index contributed by atoms with van der Waals surface area (Å²) in [6, 6.07) is 0. The lowest BCUT2D eigenvalue weighted by atomic mass is 9.76. The van der Waals surface area contributed by atoms with Gasteiger partial charge in [0, 0.05) is 0 Å². The maximum atomic E-state index is 11.7. The van der Waals surface area contributed by atoms with Crippen molar-refractivity contribution in [2.45, 2.75) is 45.3 Å². The second kappa shape index (κ2) is 2.47. The van der Waals surface area contributed by atoms with Crippen molar-refractivity contribution in [3.63, 3.8) is 0 Å². The molecule has 0 bridgehead atoms. The van der Waals surface area contributed by atoms with Crippen LogP contribution in [-0.4, -0.2) is 18.9 Å². The van der Waals surface area contributed by atoms with E-state index in [1.54, 1.807) is 0 Å². The molecule has 1 rings (SSSR count). The third-order valence-corrected chi connectivity index (χ3v) is 6.56. The molecule has 1 aliphatic rings. The van der Waals surface area contributed by atoms with Crippen LogP contribution in [0.5, 0.6) is 0 Å². The minimum Gasteiger partial charge on any atom is -0.228 e. The summed E-state index contributed by atoms with van der Waals surface area (Å²) in [5.74, 6) is 0.365. The van der Waals surface area contributed by atoms with Crippen molar-refractivity contribution in [1.29, 1.82) is 0 Å². The molecule has 0 saturated carbocycles. The van der Waals surface area contributed by atoms with Crippen molar-refractivity contribution in [1.82, 2.24) is 0 Å². The van der Waals surface area contributed by atoms with E-state index in [9.17, 15) is 8.42 Å². The number of rotatable bonds is 0. The Bertz CT molecular complexity index is 273. The van der Waals surface area contributed by atoms with E-state index in [4.69, 9.17) is 0 Å². The first-order chi connectivity index (χ1) is 5.21. The molecular weight excluding hydrogens is 172 g/mol. The normalized spacial score (nSPS) is 31.3. The Balaban J connectivity index is 3.16. The van der Waals surface area contributed by atoms with Gasteiger partial charge in [0.2, 0.25) is 0 Å². The maximum absolute atomic E-state index is 11.7. The fraction of sp³-hybridized carbons (Fsp3) is 1.00. The number of sulfone groups is 1. The van der Waals surface area contributed by atoms with E-state index in [1.165, 1.54) is 0 Å².